The molecular formula is C24H31N3O2. The molecule has 1 aliphatic heterocycles. The number of para-hydroxylation sites is 1. The van der Waals surface area contributed by atoms with Gasteiger partial charge in [0.15, 0.2) is 0 Å². The van der Waals surface area contributed by atoms with E-state index in [0.717, 1.165) is 72.9 Å². The Morgan fingerprint density at radius 1 is 1.14 bits per heavy atom. The van der Waals surface area contributed by atoms with E-state index in [9.17, 15) is 9.59 Å². The molecule has 1 fully saturated rings. The van der Waals surface area contributed by atoms with Gasteiger partial charge in [-0.2, -0.15) is 0 Å². The van der Waals surface area contributed by atoms with E-state index in [1.54, 1.807) is 0 Å². The van der Waals surface area contributed by atoms with Gasteiger partial charge < -0.3 is 10.2 Å². The highest BCUT2D eigenvalue weighted by Gasteiger charge is 2.25. The summed E-state index contributed by atoms with van der Waals surface area (Å²) in [7, 11) is 0. The highest BCUT2D eigenvalue weighted by molar-refractivity contribution is 6.07. The van der Waals surface area contributed by atoms with Gasteiger partial charge in [0.2, 0.25) is 5.91 Å². The topological polar surface area (TPSA) is 62.3 Å². The number of amides is 2. The molecule has 1 aliphatic carbocycles. The molecule has 0 radical (unpaired) electrons. The normalized spacial score (nSPS) is 19.5. The van der Waals surface area contributed by atoms with Crippen LogP contribution in [-0.2, 0) is 17.6 Å². The van der Waals surface area contributed by atoms with Crippen molar-refractivity contribution >= 4 is 22.7 Å². The minimum atomic E-state index is -0.0717. The minimum Gasteiger partial charge on any atom is -0.351 e. The summed E-state index contributed by atoms with van der Waals surface area (Å²) < 4.78 is 0. The van der Waals surface area contributed by atoms with E-state index in [1.807, 2.05) is 29.2 Å². The Hall–Kier alpha value is -2.43. The van der Waals surface area contributed by atoms with Crippen LogP contribution in [0.5, 0.6) is 0 Å². The van der Waals surface area contributed by atoms with Crippen LogP contribution in [0, 0.1) is 5.92 Å². The number of carbonyl (C=O) groups is 2. The van der Waals surface area contributed by atoms with Crippen LogP contribution in [0.4, 0.5) is 0 Å². The van der Waals surface area contributed by atoms with Gasteiger partial charge in [-0.05, 0) is 49.7 Å². The summed E-state index contributed by atoms with van der Waals surface area (Å²) >= 11 is 0. The number of hydrogen-bond donors (Lipinski definition) is 1. The van der Waals surface area contributed by atoms with Crippen molar-refractivity contribution in [3.05, 3.63) is 41.1 Å². The molecular weight excluding hydrogens is 362 g/mol. The average molecular weight is 394 g/mol. The van der Waals surface area contributed by atoms with Crippen molar-refractivity contribution in [3.63, 3.8) is 0 Å². The number of benzene rings is 1. The molecule has 5 nitrogen and oxygen atoms in total. The summed E-state index contributed by atoms with van der Waals surface area (Å²) in [6.45, 7) is 4.33. The van der Waals surface area contributed by atoms with E-state index in [4.69, 9.17) is 4.98 Å². The van der Waals surface area contributed by atoms with Crippen LogP contribution in [0.2, 0.25) is 0 Å². The predicted octanol–water partition coefficient (Wildman–Crippen LogP) is 3.88. The lowest BCUT2D eigenvalue weighted by Crippen LogP contribution is -2.35. The number of likely N-dealkylation sites (tertiary alicyclic amines) is 1. The number of nitrogens with zero attached hydrogens (tertiary/aromatic N) is 2. The van der Waals surface area contributed by atoms with Gasteiger partial charge in [0, 0.05) is 37.1 Å². The molecule has 1 aromatic heterocycles. The molecule has 1 aromatic carbocycles. The zero-order valence-electron chi connectivity index (χ0n) is 17.4. The highest BCUT2D eigenvalue weighted by Crippen LogP contribution is 2.31. The van der Waals surface area contributed by atoms with Crippen LogP contribution >= 0.6 is 0 Å². The Morgan fingerprint density at radius 2 is 1.90 bits per heavy atom. The van der Waals surface area contributed by atoms with Gasteiger partial charge in [-0.1, -0.05) is 38.0 Å². The second-order valence-corrected chi connectivity index (χ2v) is 8.58. The summed E-state index contributed by atoms with van der Waals surface area (Å²) in [5, 5.41) is 3.94. The molecule has 0 saturated carbocycles. The van der Waals surface area contributed by atoms with Crippen LogP contribution in [0.15, 0.2) is 24.3 Å². The van der Waals surface area contributed by atoms with Crippen LogP contribution in [-0.4, -0.2) is 41.3 Å². The van der Waals surface area contributed by atoms with E-state index >= 15 is 0 Å². The lowest BCUT2D eigenvalue weighted by molar-refractivity contribution is -0.131. The minimum absolute atomic E-state index is 0.0717. The summed E-state index contributed by atoms with van der Waals surface area (Å²) in [4.78, 5) is 32.5. The van der Waals surface area contributed by atoms with Gasteiger partial charge in [0.25, 0.3) is 5.91 Å². The summed E-state index contributed by atoms with van der Waals surface area (Å²) in [6, 6.07) is 7.89. The van der Waals surface area contributed by atoms with E-state index in [2.05, 4.69) is 12.2 Å². The lowest BCUT2D eigenvalue weighted by atomic mass is 9.84. The number of hydrogen-bond acceptors (Lipinski definition) is 3. The first kappa shape index (κ1) is 19.9. The summed E-state index contributed by atoms with van der Waals surface area (Å²) in [5.74, 6) is 0.640. The molecule has 1 saturated heterocycles. The second-order valence-electron chi connectivity index (χ2n) is 8.58. The lowest BCUT2D eigenvalue weighted by Gasteiger charge is -2.24. The molecule has 1 N–H and O–H groups in total. The molecule has 1 unspecified atom stereocenters. The third kappa shape index (κ3) is 4.44. The molecule has 2 aliphatic rings. The van der Waals surface area contributed by atoms with Crippen LogP contribution < -0.4 is 5.32 Å². The van der Waals surface area contributed by atoms with E-state index in [0.29, 0.717) is 18.9 Å². The number of aryl methyl sites for hydroxylation is 1. The van der Waals surface area contributed by atoms with Crippen molar-refractivity contribution in [3.8, 4) is 0 Å². The molecule has 2 aromatic rings. The first-order chi connectivity index (χ1) is 14.1. The van der Waals surface area contributed by atoms with Crippen molar-refractivity contribution in [2.24, 2.45) is 5.92 Å². The number of carbonyl (C=O) groups excluding carboxylic acids is 2. The van der Waals surface area contributed by atoms with Gasteiger partial charge in [-0.25, -0.2) is 0 Å². The Labute approximate surface area is 172 Å². The fraction of sp³-hybridized carbons (Fsp3) is 0.542. The fourth-order valence-electron chi connectivity index (χ4n) is 4.67. The highest BCUT2D eigenvalue weighted by atomic mass is 16.2. The van der Waals surface area contributed by atoms with Gasteiger partial charge in [-0.3, -0.25) is 14.6 Å². The molecule has 1 atom stereocenters. The van der Waals surface area contributed by atoms with Crippen molar-refractivity contribution < 1.29 is 9.59 Å². The Bertz CT molecular complexity index is 900. The smallest absolute Gasteiger partial charge is 0.252 e. The molecule has 4 rings (SSSR count). The van der Waals surface area contributed by atoms with Crippen molar-refractivity contribution in [1.82, 2.24) is 15.2 Å². The number of pyridine rings is 1. The number of aromatic nitrogens is 1. The summed E-state index contributed by atoms with van der Waals surface area (Å²) in [5.41, 5.74) is 3.80. The molecule has 29 heavy (non-hydrogen) atoms. The Morgan fingerprint density at radius 3 is 2.69 bits per heavy atom. The van der Waals surface area contributed by atoms with Crippen LogP contribution in [0.1, 0.15) is 67.1 Å². The first-order valence-corrected chi connectivity index (χ1v) is 11.1. The average Bonchev–Trinajstić information content (AvgIpc) is 3.01. The molecule has 0 bridgehead atoms. The quantitative estimate of drug-likeness (QED) is 0.857. The molecule has 2 heterocycles. The van der Waals surface area contributed by atoms with E-state index in [1.165, 1.54) is 12.8 Å². The number of nitrogens with one attached hydrogen (secondary N) is 1. The number of fused-ring (bicyclic) bond motifs is 2. The van der Waals surface area contributed by atoms with Gasteiger partial charge in [-0.15, -0.1) is 0 Å². The van der Waals surface area contributed by atoms with Gasteiger partial charge in [0.05, 0.1) is 11.1 Å². The molecule has 154 valence electrons. The van der Waals surface area contributed by atoms with E-state index in [-0.39, 0.29) is 11.8 Å². The predicted molar refractivity (Wildman–Crippen MR) is 115 cm³/mol. The van der Waals surface area contributed by atoms with Crippen molar-refractivity contribution in [2.75, 3.05) is 19.6 Å². The fourth-order valence-corrected chi connectivity index (χ4v) is 4.67. The zero-order valence-corrected chi connectivity index (χ0v) is 17.4. The third-order valence-corrected chi connectivity index (χ3v) is 6.32. The Balaban J connectivity index is 1.49. The summed E-state index contributed by atoms with van der Waals surface area (Å²) in [6.07, 6.45) is 7.89. The molecule has 5 heteroatoms. The van der Waals surface area contributed by atoms with Crippen molar-refractivity contribution in [1.29, 1.82) is 0 Å². The maximum atomic E-state index is 13.2. The second kappa shape index (κ2) is 8.93. The van der Waals surface area contributed by atoms with Crippen molar-refractivity contribution in [2.45, 2.75) is 58.3 Å². The monoisotopic (exact) mass is 393 g/mol. The largest absolute Gasteiger partial charge is 0.351 e. The Kier molecular flexibility index (Phi) is 6.12. The van der Waals surface area contributed by atoms with E-state index < -0.39 is 0 Å². The SMILES string of the molecule is CC1CCc2nc3ccccc3c(C(=O)NCCC(=O)N3CCCCCC3)c2C1. The molecule has 0 spiro atoms. The maximum absolute atomic E-state index is 13.2. The maximum Gasteiger partial charge on any atom is 0.252 e. The first-order valence-electron chi connectivity index (χ1n) is 11.1. The number of rotatable bonds is 4. The van der Waals surface area contributed by atoms with Crippen LogP contribution in [0.25, 0.3) is 10.9 Å². The molecule has 2 amide bonds. The van der Waals surface area contributed by atoms with Gasteiger partial charge in [0.1, 0.15) is 0 Å². The standard InChI is InChI=1S/C24H31N3O2/c1-17-10-11-21-19(16-17)23(18-8-4-5-9-20(18)26-21)24(29)25-13-12-22(28)27-14-6-2-3-7-15-27/h4-5,8-9,17H,2-3,6-7,10-16H2,1H3,(H,25,29). The van der Waals surface area contributed by atoms with Gasteiger partial charge >= 0.3 is 0 Å². The van der Waals surface area contributed by atoms with Crippen LogP contribution in [0.3, 0.4) is 0 Å². The third-order valence-electron chi connectivity index (χ3n) is 6.32. The zero-order chi connectivity index (χ0) is 20.2.